The third-order valence-electron chi connectivity index (χ3n) is 9.47. The van der Waals surface area contributed by atoms with Crippen LogP contribution in [-0.4, -0.2) is 24.6 Å². The summed E-state index contributed by atoms with van der Waals surface area (Å²) in [6.07, 6.45) is 5.03. The highest BCUT2D eigenvalue weighted by Gasteiger charge is 2.20. The Morgan fingerprint density at radius 3 is 1.77 bits per heavy atom. The first-order valence-corrected chi connectivity index (χ1v) is 17.2. The maximum absolute atomic E-state index is 10.9. The molecule has 0 unspecified atom stereocenters. The van der Waals surface area contributed by atoms with Crippen LogP contribution >= 0.6 is 0 Å². The molecule has 0 amide bonds. The molecule has 0 bridgehead atoms. The second-order valence-corrected chi connectivity index (χ2v) is 12.7. The zero-order valence-corrected chi connectivity index (χ0v) is 28.1. The zero-order chi connectivity index (χ0) is 34.9. The smallest absolute Gasteiger partial charge is 0.149 e. The number of hydrogen-bond donors (Lipinski definition) is 1. The molecule has 246 valence electrons. The average Bonchev–Trinajstić information content (AvgIpc) is 3.62. The lowest BCUT2D eigenvalue weighted by Crippen LogP contribution is -1.97. The summed E-state index contributed by atoms with van der Waals surface area (Å²) in [6, 6.07) is 58.6. The molecule has 9 aromatic rings. The molecule has 52 heavy (non-hydrogen) atoms. The van der Waals surface area contributed by atoms with E-state index in [4.69, 9.17) is 9.97 Å². The fraction of sp³-hybridized carbons (Fsp3) is 0. The van der Waals surface area contributed by atoms with Crippen molar-refractivity contribution in [2.75, 3.05) is 0 Å². The number of fused-ring (bicyclic) bond motifs is 1. The third kappa shape index (κ3) is 5.80. The van der Waals surface area contributed by atoms with Crippen LogP contribution in [0.15, 0.2) is 188 Å². The van der Waals surface area contributed by atoms with Gasteiger partial charge in [0.15, 0.2) is 0 Å². The summed E-state index contributed by atoms with van der Waals surface area (Å²) in [7, 11) is 0. The van der Waals surface area contributed by atoms with Crippen molar-refractivity contribution in [3.05, 3.63) is 188 Å². The Bertz CT molecular complexity index is 2670. The van der Waals surface area contributed by atoms with Gasteiger partial charge in [-0.3, -0.25) is 14.5 Å². The predicted octanol–water partition coefficient (Wildman–Crippen LogP) is 11.5. The lowest BCUT2D eigenvalue weighted by atomic mass is 9.93. The van der Waals surface area contributed by atoms with Crippen LogP contribution in [0.2, 0.25) is 0 Å². The van der Waals surface area contributed by atoms with Gasteiger partial charge in [0.25, 0.3) is 0 Å². The van der Waals surface area contributed by atoms with Crippen LogP contribution in [0, 0.1) is 0 Å². The van der Waals surface area contributed by atoms with Gasteiger partial charge in [-0.05, 0) is 93.5 Å². The van der Waals surface area contributed by atoms with Crippen molar-refractivity contribution in [1.82, 2.24) is 19.5 Å². The van der Waals surface area contributed by atoms with Crippen LogP contribution in [-0.2, 0) is 0 Å². The van der Waals surface area contributed by atoms with Crippen molar-refractivity contribution in [2.45, 2.75) is 0 Å². The van der Waals surface area contributed by atoms with Crippen molar-refractivity contribution in [3.8, 4) is 78.6 Å². The van der Waals surface area contributed by atoms with E-state index in [1.807, 2.05) is 36.5 Å². The molecule has 0 aliphatic heterocycles. The topological polar surface area (TPSA) is 63.8 Å². The monoisotopic (exact) mass is 668 g/mol. The molecular formula is C47H32N4O. The van der Waals surface area contributed by atoms with Crippen LogP contribution in [0.1, 0.15) is 0 Å². The highest BCUT2D eigenvalue weighted by atomic mass is 16.3. The van der Waals surface area contributed by atoms with Crippen LogP contribution in [0.4, 0.5) is 0 Å². The van der Waals surface area contributed by atoms with E-state index in [0.29, 0.717) is 11.4 Å². The Kier molecular flexibility index (Phi) is 7.91. The Labute approximate surface area is 301 Å². The van der Waals surface area contributed by atoms with Crippen molar-refractivity contribution in [3.63, 3.8) is 0 Å². The second kappa shape index (κ2) is 13.3. The third-order valence-corrected chi connectivity index (χ3v) is 9.47. The number of benzene rings is 6. The van der Waals surface area contributed by atoms with Crippen LogP contribution in [0.3, 0.4) is 0 Å². The second-order valence-electron chi connectivity index (χ2n) is 12.7. The molecule has 0 aliphatic rings. The van der Waals surface area contributed by atoms with E-state index in [2.05, 4.69) is 143 Å². The number of imidazole rings is 1. The summed E-state index contributed by atoms with van der Waals surface area (Å²) in [5.41, 5.74) is 14.0. The number of pyridine rings is 2. The average molecular weight is 669 g/mol. The largest absolute Gasteiger partial charge is 0.506 e. The molecule has 3 heterocycles. The number of nitrogens with zero attached hydrogens (tertiary/aromatic N) is 4. The van der Waals surface area contributed by atoms with Crippen molar-refractivity contribution < 1.29 is 5.11 Å². The first-order chi connectivity index (χ1) is 25.7. The van der Waals surface area contributed by atoms with E-state index >= 15 is 0 Å². The fourth-order valence-corrected chi connectivity index (χ4v) is 6.91. The number of aromatic nitrogens is 4. The minimum atomic E-state index is 0.0746. The molecule has 0 saturated heterocycles. The zero-order valence-electron chi connectivity index (χ0n) is 28.1. The normalized spacial score (nSPS) is 11.2. The Morgan fingerprint density at radius 1 is 0.442 bits per heavy atom. The highest BCUT2D eigenvalue weighted by molar-refractivity contribution is 5.97. The molecule has 0 aliphatic carbocycles. The van der Waals surface area contributed by atoms with Crippen molar-refractivity contribution in [1.29, 1.82) is 0 Å². The summed E-state index contributed by atoms with van der Waals surface area (Å²) >= 11 is 0. The summed E-state index contributed by atoms with van der Waals surface area (Å²) in [5, 5.41) is 10.9. The van der Waals surface area contributed by atoms with Gasteiger partial charge < -0.3 is 5.11 Å². The molecule has 3 aromatic heterocycles. The number of para-hydroxylation sites is 2. The minimum absolute atomic E-state index is 0.0746. The highest BCUT2D eigenvalue weighted by Crippen LogP contribution is 2.39. The van der Waals surface area contributed by atoms with Gasteiger partial charge in [-0.25, -0.2) is 4.98 Å². The summed E-state index contributed by atoms with van der Waals surface area (Å²) < 4.78 is 2.10. The predicted molar refractivity (Wildman–Crippen MR) is 211 cm³/mol. The Balaban J connectivity index is 1.21. The summed E-state index contributed by atoms with van der Waals surface area (Å²) in [4.78, 5) is 14.2. The molecule has 0 spiro atoms. The molecule has 9 rings (SSSR count). The first kappa shape index (κ1) is 30.9. The molecular weight excluding hydrogens is 637 g/mol. The number of aromatic hydroxyl groups is 1. The van der Waals surface area contributed by atoms with Crippen molar-refractivity contribution in [2.24, 2.45) is 0 Å². The number of rotatable bonds is 7. The quantitative estimate of drug-likeness (QED) is 0.184. The molecule has 1 N–H and O–H groups in total. The van der Waals surface area contributed by atoms with Gasteiger partial charge in [0.05, 0.1) is 28.5 Å². The van der Waals surface area contributed by atoms with E-state index < -0.39 is 0 Å². The van der Waals surface area contributed by atoms with Gasteiger partial charge in [0.1, 0.15) is 11.6 Å². The lowest BCUT2D eigenvalue weighted by molar-refractivity contribution is 0.474. The maximum atomic E-state index is 10.9. The number of hydrogen-bond acceptors (Lipinski definition) is 4. The van der Waals surface area contributed by atoms with Gasteiger partial charge in [0.2, 0.25) is 0 Å². The van der Waals surface area contributed by atoms with Crippen LogP contribution in [0.25, 0.3) is 83.9 Å². The molecule has 0 atom stereocenters. The van der Waals surface area contributed by atoms with Gasteiger partial charge in [-0.15, -0.1) is 0 Å². The SMILES string of the molecule is Oc1cnccc1-c1nc2c(-c3cc(-c4ccccc4)cc(-c4cc(-c5ccc(-c6ccccc6)cc5)ccn4)c3)cccc2n1-c1ccccc1. The van der Waals surface area contributed by atoms with Crippen LogP contribution in [0.5, 0.6) is 5.75 Å². The molecule has 0 radical (unpaired) electrons. The van der Waals surface area contributed by atoms with E-state index in [1.54, 1.807) is 12.3 Å². The first-order valence-electron chi connectivity index (χ1n) is 17.2. The molecule has 5 nitrogen and oxygen atoms in total. The molecule has 0 saturated carbocycles. The molecule has 5 heteroatoms. The van der Waals surface area contributed by atoms with Crippen molar-refractivity contribution >= 4 is 11.0 Å². The van der Waals surface area contributed by atoms with Gasteiger partial charge in [0, 0.05) is 29.2 Å². The van der Waals surface area contributed by atoms with E-state index in [-0.39, 0.29) is 5.75 Å². The van der Waals surface area contributed by atoms with Gasteiger partial charge >= 0.3 is 0 Å². The molecule has 6 aromatic carbocycles. The van der Waals surface area contributed by atoms with Gasteiger partial charge in [-0.2, -0.15) is 0 Å². The summed E-state index contributed by atoms with van der Waals surface area (Å²) in [6.45, 7) is 0. The Morgan fingerprint density at radius 2 is 1.06 bits per heavy atom. The van der Waals surface area contributed by atoms with E-state index in [9.17, 15) is 5.11 Å². The fourth-order valence-electron chi connectivity index (χ4n) is 6.91. The standard InChI is InChI=1S/C47H32N4O/c52-45-31-48-25-24-42(45)47-50-46-41(17-10-18-44(46)51(47)40-15-8-3-9-16-40)38-27-37(33-13-6-2-7-14-33)28-39(29-38)43-30-36(23-26-49-43)35-21-19-34(20-22-35)32-11-4-1-5-12-32/h1-31,52H. The Hall–Kier alpha value is -7.11. The molecule has 0 fully saturated rings. The van der Waals surface area contributed by atoms with Gasteiger partial charge in [-0.1, -0.05) is 115 Å². The van der Waals surface area contributed by atoms with E-state index in [1.165, 1.54) is 17.3 Å². The van der Waals surface area contributed by atoms with Crippen LogP contribution < -0.4 is 0 Å². The minimum Gasteiger partial charge on any atom is -0.506 e. The summed E-state index contributed by atoms with van der Waals surface area (Å²) in [5.74, 6) is 0.714. The van der Waals surface area contributed by atoms with E-state index in [0.717, 1.165) is 61.4 Å². The maximum Gasteiger partial charge on any atom is 0.149 e. The lowest BCUT2D eigenvalue weighted by Gasteiger charge is -2.13.